The van der Waals surface area contributed by atoms with Crippen molar-refractivity contribution in [1.82, 2.24) is 10.3 Å². The molecule has 20 heavy (non-hydrogen) atoms. The first-order valence-corrected chi connectivity index (χ1v) is 6.59. The number of anilines is 1. The van der Waals surface area contributed by atoms with Gasteiger partial charge in [-0.1, -0.05) is 0 Å². The van der Waals surface area contributed by atoms with Crippen LogP contribution in [0.5, 0.6) is 0 Å². The highest BCUT2D eigenvalue weighted by atomic mass is 19.4. The molecule has 3 nitrogen and oxygen atoms in total. The summed E-state index contributed by atoms with van der Waals surface area (Å²) >= 11 is 0. The Balaban J connectivity index is 2.14. The van der Waals surface area contributed by atoms with Crippen molar-refractivity contribution in [2.75, 3.05) is 18.0 Å². The first kappa shape index (κ1) is 15.0. The van der Waals surface area contributed by atoms with Crippen molar-refractivity contribution in [2.45, 2.75) is 38.5 Å². The largest absolute Gasteiger partial charge is 0.405 e. The fraction of sp³-hybridized carbons (Fsp3) is 0.615. The van der Waals surface area contributed by atoms with E-state index in [1.165, 1.54) is 12.3 Å². The Hall–Kier alpha value is -1.37. The van der Waals surface area contributed by atoms with E-state index in [1.54, 1.807) is 6.92 Å². The van der Waals surface area contributed by atoms with Crippen LogP contribution in [-0.4, -0.2) is 30.3 Å². The monoisotopic (exact) mass is 291 g/mol. The van der Waals surface area contributed by atoms with Crippen LogP contribution in [0.1, 0.15) is 25.3 Å². The highest BCUT2D eigenvalue weighted by molar-refractivity contribution is 5.43. The molecule has 1 aliphatic rings. The molecule has 0 bridgehead atoms. The Kier molecular flexibility index (Phi) is 4.47. The Morgan fingerprint density at radius 3 is 2.65 bits per heavy atom. The van der Waals surface area contributed by atoms with Gasteiger partial charge in [-0.2, -0.15) is 13.2 Å². The van der Waals surface area contributed by atoms with Gasteiger partial charge in [0.2, 0.25) is 0 Å². The Labute approximate surface area is 115 Å². The van der Waals surface area contributed by atoms with Gasteiger partial charge < -0.3 is 10.2 Å². The van der Waals surface area contributed by atoms with Gasteiger partial charge in [0, 0.05) is 30.9 Å². The lowest BCUT2D eigenvalue weighted by molar-refractivity contribution is -0.119. The molecule has 1 saturated carbocycles. The second-order valence-corrected chi connectivity index (χ2v) is 4.89. The van der Waals surface area contributed by atoms with E-state index < -0.39 is 18.5 Å². The van der Waals surface area contributed by atoms with Crippen molar-refractivity contribution in [3.63, 3.8) is 0 Å². The number of halogens is 4. The minimum atomic E-state index is -4.38. The van der Waals surface area contributed by atoms with Crippen LogP contribution in [0.3, 0.4) is 0 Å². The third kappa shape index (κ3) is 4.06. The molecule has 0 saturated heterocycles. The van der Waals surface area contributed by atoms with Crippen molar-refractivity contribution in [3.05, 3.63) is 23.6 Å². The van der Waals surface area contributed by atoms with E-state index in [0.29, 0.717) is 18.2 Å². The van der Waals surface area contributed by atoms with Crippen LogP contribution in [0.4, 0.5) is 23.4 Å². The third-order valence-corrected chi connectivity index (χ3v) is 3.16. The summed E-state index contributed by atoms with van der Waals surface area (Å²) in [5.41, 5.74) is 0.350. The van der Waals surface area contributed by atoms with Crippen LogP contribution in [0, 0.1) is 5.82 Å². The minimum absolute atomic E-state index is 0.0446. The number of hydrogen-bond acceptors (Lipinski definition) is 3. The third-order valence-electron chi connectivity index (χ3n) is 3.16. The summed E-state index contributed by atoms with van der Waals surface area (Å²) in [6, 6.07) is 1.90. The van der Waals surface area contributed by atoms with Gasteiger partial charge in [-0.25, -0.2) is 9.37 Å². The molecular weight excluding hydrogens is 274 g/mol. The molecule has 1 fully saturated rings. The summed E-state index contributed by atoms with van der Waals surface area (Å²) < 4.78 is 51.6. The van der Waals surface area contributed by atoms with Crippen LogP contribution in [0.15, 0.2) is 12.3 Å². The van der Waals surface area contributed by atoms with E-state index in [0.717, 1.165) is 17.7 Å². The molecule has 0 atom stereocenters. The normalized spacial score (nSPS) is 15.4. The van der Waals surface area contributed by atoms with Crippen LogP contribution >= 0.6 is 0 Å². The summed E-state index contributed by atoms with van der Waals surface area (Å²) in [6.07, 6.45) is -0.906. The molecule has 1 N–H and O–H groups in total. The average Bonchev–Trinajstić information content (AvgIpc) is 3.18. The number of alkyl halides is 3. The van der Waals surface area contributed by atoms with Gasteiger partial charge >= 0.3 is 6.18 Å². The summed E-state index contributed by atoms with van der Waals surface area (Å²) in [4.78, 5) is 4.66. The van der Waals surface area contributed by atoms with Gasteiger partial charge in [0.1, 0.15) is 6.54 Å². The van der Waals surface area contributed by atoms with Gasteiger partial charge in [0.25, 0.3) is 0 Å². The van der Waals surface area contributed by atoms with Crippen LogP contribution in [0.25, 0.3) is 0 Å². The molecule has 0 amide bonds. The Morgan fingerprint density at radius 1 is 1.40 bits per heavy atom. The van der Waals surface area contributed by atoms with Gasteiger partial charge in [0.05, 0.1) is 0 Å². The van der Waals surface area contributed by atoms with Crippen LogP contribution in [0.2, 0.25) is 0 Å². The lowest BCUT2D eigenvalue weighted by atomic mass is 10.2. The zero-order chi connectivity index (χ0) is 14.8. The first-order chi connectivity index (χ1) is 9.40. The van der Waals surface area contributed by atoms with Crippen molar-refractivity contribution in [2.24, 2.45) is 0 Å². The number of aromatic nitrogens is 1. The second kappa shape index (κ2) is 5.95. The number of pyridine rings is 1. The minimum Gasteiger partial charge on any atom is -0.345 e. The number of nitrogens with zero attached hydrogens (tertiary/aromatic N) is 2. The first-order valence-electron chi connectivity index (χ1n) is 6.59. The summed E-state index contributed by atoms with van der Waals surface area (Å²) in [6.45, 7) is 0.702. The van der Waals surface area contributed by atoms with Crippen molar-refractivity contribution in [1.29, 1.82) is 0 Å². The fourth-order valence-electron chi connectivity index (χ4n) is 1.92. The summed E-state index contributed by atoms with van der Waals surface area (Å²) in [7, 11) is 0. The highest BCUT2D eigenvalue weighted by Gasteiger charge is 2.32. The van der Waals surface area contributed by atoms with E-state index in [2.05, 4.69) is 10.3 Å². The predicted molar refractivity (Wildman–Crippen MR) is 68.0 cm³/mol. The van der Waals surface area contributed by atoms with E-state index in [-0.39, 0.29) is 12.4 Å². The molecule has 0 aliphatic heterocycles. The molecule has 7 heteroatoms. The Morgan fingerprint density at radius 2 is 2.10 bits per heavy atom. The maximum Gasteiger partial charge on any atom is 0.405 e. The topological polar surface area (TPSA) is 28.2 Å². The lowest BCUT2D eigenvalue weighted by Gasteiger charge is -2.24. The molecule has 1 aliphatic carbocycles. The van der Waals surface area contributed by atoms with Gasteiger partial charge in [0.15, 0.2) is 11.6 Å². The molecule has 2 rings (SSSR count). The predicted octanol–water partition coefficient (Wildman–Crippen LogP) is 2.86. The van der Waals surface area contributed by atoms with Crippen molar-refractivity contribution in [3.8, 4) is 0 Å². The second-order valence-electron chi connectivity index (χ2n) is 4.89. The Bertz CT molecular complexity index is 457. The van der Waals surface area contributed by atoms with E-state index in [1.807, 2.05) is 0 Å². The average molecular weight is 291 g/mol. The quantitative estimate of drug-likeness (QED) is 0.817. The smallest absolute Gasteiger partial charge is 0.345 e. The molecular formula is C13H17F4N3. The van der Waals surface area contributed by atoms with Gasteiger partial charge in [-0.15, -0.1) is 0 Å². The molecule has 0 aromatic carbocycles. The molecule has 1 aromatic heterocycles. The lowest BCUT2D eigenvalue weighted by Crippen LogP contribution is -2.35. The SMILES string of the molecule is CCN(CC(F)(F)F)c1nccc(CNC2CC2)c1F. The molecule has 0 spiro atoms. The molecule has 0 unspecified atom stereocenters. The maximum atomic E-state index is 14.2. The van der Waals surface area contributed by atoms with E-state index in [4.69, 9.17) is 0 Å². The van der Waals surface area contributed by atoms with Gasteiger partial charge in [-0.05, 0) is 25.8 Å². The molecule has 1 heterocycles. The standard InChI is InChI=1S/C13H17F4N3/c1-2-20(8-13(15,16)17)12-11(14)9(5-6-18-12)7-19-10-3-4-10/h5-6,10,19H,2-4,7-8H2,1H3. The van der Waals surface area contributed by atoms with E-state index in [9.17, 15) is 17.6 Å². The zero-order valence-electron chi connectivity index (χ0n) is 11.2. The van der Waals surface area contributed by atoms with Crippen LogP contribution < -0.4 is 10.2 Å². The number of hydrogen-bond donors (Lipinski definition) is 1. The van der Waals surface area contributed by atoms with E-state index >= 15 is 0 Å². The zero-order valence-corrected chi connectivity index (χ0v) is 11.2. The summed E-state index contributed by atoms with van der Waals surface area (Å²) in [5, 5.41) is 3.14. The maximum absolute atomic E-state index is 14.2. The molecule has 1 aromatic rings. The fourth-order valence-corrected chi connectivity index (χ4v) is 1.92. The highest BCUT2D eigenvalue weighted by Crippen LogP contribution is 2.25. The summed E-state index contributed by atoms with van der Waals surface area (Å²) in [5.74, 6) is -0.910. The molecule has 112 valence electrons. The number of nitrogens with one attached hydrogen (secondary N) is 1. The van der Waals surface area contributed by atoms with Crippen molar-refractivity contribution < 1.29 is 17.6 Å². The van der Waals surface area contributed by atoms with Gasteiger partial charge in [-0.3, -0.25) is 0 Å². The van der Waals surface area contributed by atoms with Crippen LogP contribution in [-0.2, 0) is 6.54 Å². The van der Waals surface area contributed by atoms with Crippen molar-refractivity contribution >= 4 is 5.82 Å². The number of rotatable bonds is 6. The molecule has 0 radical (unpaired) electrons.